The Hall–Kier alpha value is -12.7. The lowest BCUT2D eigenvalue weighted by molar-refractivity contribution is -0.140. The number of aromatic nitrogens is 4. The Morgan fingerprint density at radius 3 is 1.15 bits per heavy atom. The third-order valence-electron chi connectivity index (χ3n) is 26.8. The number of aryl methyl sites for hydroxylation is 16. The van der Waals surface area contributed by atoms with Crippen molar-refractivity contribution in [3.8, 4) is 44.5 Å². The van der Waals surface area contributed by atoms with E-state index in [-0.39, 0.29) is 11.1 Å². The van der Waals surface area contributed by atoms with E-state index >= 15 is 0 Å². The zero-order valence-corrected chi connectivity index (χ0v) is 75.2. The summed E-state index contributed by atoms with van der Waals surface area (Å²) in [4.78, 5) is 87.6. The van der Waals surface area contributed by atoms with Crippen molar-refractivity contribution in [1.29, 1.82) is 0 Å². The van der Waals surface area contributed by atoms with Crippen LogP contribution >= 0.6 is 0 Å². The number of hydrogen-bond donors (Lipinski definition) is 4. The summed E-state index contributed by atoms with van der Waals surface area (Å²) in [5.74, 6) is -6.40. The van der Waals surface area contributed by atoms with Crippen molar-refractivity contribution in [3.63, 3.8) is 0 Å². The van der Waals surface area contributed by atoms with Gasteiger partial charge in [-0.3, -0.25) is 38.7 Å². The molecule has 0 radical (unpaired) electrons. The van der Waals surface area contributed by atoms with Crippen molar-refractivity contribution in [2.45, 2.75) is 241 Å². The molecule has 4 atom stereocenters. The predicted octanol–water partition coefficient (Wildman–Crippen LogP) is 24.9. The van der Waals surface area contributed by atoms with Gasteiger partial charge in [-0.05, 0) is 300 Å². The summed E-state index contributed by atoms with van der Waals surface area (Å²) in [7, 11) is 0. The number of rotatable bonds is 24. The van der Waals surface area contributed by atoms with E-state index in [0.717, 1.165) is 216 Å². The van der Waals surface area contributed by atoms with E-state index in [9.17, 15) is 49.2 Å². The van der Waals surface area contributed by atoms with Crippen LogP contribution in [0.1, 0.15) is 234 Å². The number of carboxylic acid groups (broad SMARTS) is 4. The summed E-state index contributed by atoms with van der Waals surface area (Å²) in [6.07, 6.45) is 19.0. The summed E-state index contributed by atoms with van der Waals surface area (Å²) in [6, 6.07) is 70.5. The van der Waals surface area contributed by atoms with Gasteiger partial charge in [-0.25, -0.2) is 0 Å². The molecule has 0 spiro atoms. The minimum Gasteiger partial charge on any atom is -0.481 e. The summed E-state index contributed by atoms with van der Waals surface area (Å²) in [5.41, 5.74) is 32.9. The van der Waals surface area contributed by atoms with Gasteiger partial charge in [0.05, 0.1) is 45.7 Å². The van der Waals surface area contributed by atoms with Crippen LogP contribution in [0.15, 0.2) is 216 Å². The third-order valence-corrected chi connectivity index (χ3v) is 26.8. The second kappa shape index (κ2) is 39.5. The predicted molar refractivity (Wildman–Crippen MR) is 515 cm³/mol. The molecular weight excluding hydrogens is 1570 g/mol. The van der Waals surface area contributed by atoms with Crippen molar-refractivity contribution in [2.24, 2.45) is 0 Å². The summed E-state index contributed by atoms with van der Waals surface area (Å²) >= 11 is 0. The Balaban J connectivity index is 0.000000131. The number of benzene rings is 10. The van der Waals surface area contributed by atoms with Crippen molar-refractivity contribution in [1.82, 2.24) is 19.1 Å². The van der Waals surface area contributed by atoms with Crippen molar-refractivity contribution in [2.75, 3.05) is 0 Å². The largest absolute Gasteiger partial charge is 0.481 e. The molecule has 0 saturated carbocycles. The summed E-state index contributed by atoms with van der Waals surface area (Å²) in [6.45, 7) is 21.4. The van der Waals surface area contributed by atoms with Crippen LogP contribution in [0, 0.1) is 41.5 Å². The maximum absolute atomic E-state index is 13.9. The average molecular weight is 1690 g/mol. The number of hydrogen-bond acceptors (Lipinski definition) is 8. The van der Waals surface area contributed by atoms with Crippen molar-refractivity contribution in [3.05, 3.63) is 338 Å². The van der Waals surface area contributed by atoms with Crippen LogP contribution < -0.4 is 11.1 Å². The molecule has 10 aromatic carbocycles. The fourth-order valence-corrected chi connectivity index (χ4v) is 20.6. The van der Waals surface area contributed by atoms with Gasteiger partial charge in [-0.1, -0.05) is 233 Å². The van der Waals surface area contributed by atoms with Crippen LogP contribution in [0.2, 0.25) is 0 Å². The molecule has 4 aromatic heterocycles. The fraction of sp³-hybridized carbons (Fsp3) is 0.327. The molecule has 0 amide bonds. The molecule has 18 rings (SSSR count). The van der Waals surface area contributed by atoms with Crippen LogP contribution in [-0.4, -0.2) is 63.4 Å². The lowest BCUT2D eigenvalue weighted by Crippen LogP contribution is -2.30. The number of carbonyl (C=O) groups is 4. The second-order valence-electron chi connectivity index (χ2n) is 35.7. The molecule has 4 N–H and O–H groups in total. The van der Waals surface area contributed by atoms with E-state index in [1.807, 2.05) is 160 Å². The monoisotopic (exact) mass is 1690 g/mol. The van der Waals surface area contributed by atoms with Gasteiger partial charge in [-0.2, -0.15) is 0 Å². The molecule has 650 valence electrons. The van der Waals surface area contributed by atoms with E-state index in [4.69, 9.17) is 9.97 Å². The molecule has 4 unspecified atom stereocenters. The molecular formula is C113H118N4O10. The van der Waals surface area contributed by atoms with Crippen molar-refractivity contribution >= 4 is 67.5 Å². The highest BCUT2D eigenvalue weighted by Crippen LogP contribution is 2.47. The van der Waals surface area contributed by atoms with Gasteiger partial charge in [-0.15, -0.1) is 0 Å². The van der Waals surface area contributed by atoms with Crippen LogP contribution in [-0.2, 0) is 96.5 Å². The highest BCUT2D eigenvalue weighted by molar-refractivity contribution is 6.05. The zero-order valence-electron chi connectivity index (χ0n) is 75.2. The molecule has 0 saturated heterocycles. The first-order valence-electron chi connectivity index (χ1n) is 46.1. The van der Waals surface area contributed by atoms with Crippen LogP contribution in [0.5, 0.6) is 0 Å². The van der Waals surface area contributed by atoms with Gasteiger partial charge in [0, 0.05) is 68.3 Å². The van der Waals surface area contributed by atoms with Gasteiger partial charge in [0.15, 0.2) is 0 Å². The Kier molecular flexibility index (Phi) is 27.7. The normalized spacial score (nSPS) is 14.0. The molecule has 0 fully saturated rings. The fourth-order valence-electron chi connectivity index (χ4n) is 20.6. The minimum absolute atomic E-state index is 0.149. The van der Waals surface area contributed by atoms with Gasteiger partial charge in [0.2, 0.25) is 0 Å². The van der Waals surface area contributed by atoms with Crippen LogP contribution in [0.25, 0.3) is 88.1 Å². The molecule has 4 aliphatic carbocycles. The Bertz CT molecular complexity index is 6580. The number of pyridine rings is 4. The lowest BCUT2D eigenvalue weighted by Gasteiger charge is -2.25. The first kappa shape index (κ1) is 89.2. The maximum Gasteiger partial charge on any atom is 0.311 e. The SMILES string of the molecule is CCCC(C(=O)O)c1c(-c2ccc(C)cc2)c2c3c(ccc2n(CCC)c1=O)CCC3.CCCC(C(=O)O)c1c(-c2ccc(C)cc2)c2cc3c(cc2n(CCC)c1=O)CCC3.Cc1ccc(-c2c(C(Cc3ccccc3)C(=O)O)c(C)nc3cc4c(cc23)CCC4)cc1.Cc1ccc(-c2c(C(Cc3ccccc3)C(=O)O)c(C)nc3ccc4c(c23)CCCC4)cc1. The van der Waals surface area contributed by atoms with Crippen LogP contribution in [0.4, 0.5) is 0 Å². The average Bonchev–Trinajstić information content (AvgIpc) is 1.71. The standard InChI is InChI=1S/C30H29NO2.C29H27NO2.2C27H31NO3/c1-19-12-14-23(15-13-19)28-27(25(30(32)33)18-21-8-4-3-5-9-21)20(2)31-26-17-16-22-10-6-7-11-24(22)29(26)28;1-18-11-13-21(14-12-18)28-24-16-22-9-6-10-23(22)17-26(24)30-19(2)27(28)25(29(31)32)15-20-7-4-3-5-8-20;1-4-7-21(27(30)31)25-23(19-12-10-17(3)11-13-19)24-20-9-6-8-18(20)14-15-22(24)28(16-5-2)26(25)29;1-4-7-21(27(30)31)25-24(18-12-10-17(3)11-13-18)22-15-19-8-6-9-20(19)16-23(22)28(14-5-2)26(25)29/h3-5,8-9,12-17,25H,6-7,10-11,18H2,1-2H3,(H,32,33);3-5,7-8,11-14,16-17,25H,6,9-10,15H2,1-2H3,(H,31,32);10-15,21H,4-9,16H2,1-3H3,(H,30,31);10-13,15-16,21H,4-9,14H2,1-3H3,(H,30,31). The highest BCUT2D eigenvalue weighted by Gasteiger charge is 2.36. The summed E-state index contributed by atoms with van der Waals surface area (Å²) in [5, 5.41) is 45.3. The van der Waals surface area contributed by atoms with E-state index in [1.165, 1.54) is 68.5 Å². The van der Waals surface area contributed by atoms with E-state index in [2.05, 4.69) is 125 Å². The van der Waals surface area contributed by atoms with Gasteiger partial charge < -0.3 is 29.6 Å². The quantitative estimate of drug-likeness (QED) is 0.0444. The first-order chi connectivity index (χ1) is 61.5. The smallest absolute Gasteiger partial charge is 0.311 e. The van der Waals surface area contributed by atoms with Crippen molar-refractivity contribution < 1.29 is 39.6 Å². The zero-order chi connectivity index (χ0) is 89.4. The number of carboxylic acids is 4. The lowest BCUT2D eigenvalue weighted by atomic mass is 9.80. The first-order valence-corrected chi connectivity index (χ1v) is 46.1. The van der Waals surface area contributed by atoms with Gasteiger partial charge in [0.25, 0.3) is 11.1 Å². The number of nitrogens with zero attached hydrogens (tertiary/aromatic N) is 4. The number of aliphatic carboxylic acids is 4. The Morgan fingerprint density at radius 2 is 0.685 bits per heavy atom. The van der Waals surface area contributed by atoms with Crippen LogP contribution in [0.3, 0.4) is 0 Å². The van der Waals surface area contributed by atoms with E-state index in [0.29, 0.717) is 62.7 Å². The van der Waals surface area contributed by atoms with E-state index < -0.39 is 47.5 Å². The minimum atomic E-state index is -0.920. The molecule has 4 aliphatic rings. The molecule has 14 heteroatoms. The van der Waals surface area contributed by atoms with Gasteiger partial charge >= 0.3 is 23.9 Å². The molecule has 127 heavy (non-hydrogen) atoms. The van der Waals surface area contributed by atoms with E-state index in [1.54, 1.807) is 0 Å². The highest BCUT2D eigenvalue weighted by atomic mass is 16.4. The maximum atomic E-state index is 13.9. The van der Waals surface area contributed by atoms with Gasteiger partial charge in [0.1, 0.15) is 0 Å². The molecule has 4 heterocycles. The number of fused-ring (bicyclic) bond motifs is 10. The Labute approximate surface area is 745 Å². The molecule has 0 aliphatic heterocycles. The Morgan fingerprint density at radius 1 is 0.331 bits per heavy atom. The topological polar surface area (TPSA) is 219 Å². The molecule has 14 nitrogen and oxygen atoms in total. The second-order valence-corrected chi connectivity index (χ2v) is 35.7. The molecule has 0 bridgehead atoms. The molecule has 14 aromatic rings. The third kappa shape index (κ3) is 18.7. The summed E-state index contributed by atoms with van der Waals surface area (Å²) < 4.78 is 3.65.